The first kappa shape index (κ1) is 14.9. The van der Waals surface area contributed by atoms with E-state index in [9.17, 15) is 4.79 Å². The first-order valence-corrected chi connectivity index (χ1v) is 8.24. The number of carbonyl (C=O) groups is 1. The highest BCUT2D eigenvalue weighted by Gasteiger charge is 2.28. The van der Waals surface area contributed by atoms with Gasteiger partial charge in [0.05, 0.1) is 11.9 Å². The van der Waals surface area contributed by atoms with Crippen LogP contribution in [0.4, 0.5) is 0 Å². The largest absolute Gasteiger partial charge is 0.338 e. The van der Waals surface area contributed by atoms with Crippen LogP contribution in [0.3, 0.4) is 0 Å². The number of hydrogen-bond acceptors (Lipinski definition) is 4. The van der Waals surface area contributed by atoms with Crippen LogP contribution in [0.2, 0.25) is 0 Å². The molecule has 3 aromatic heterocycles. The molecule has 0 unspecified atom stereocenters. The van der Waals surface area contributed by atoms with Gasteiger partial charge >= 0.3 is 0 Å². The summed E-state index contributed by atoms with van der Waals surface area (Å²) in [5.41, 5.74) is 4.16. The van der Waals surface area contributed by atoms with Crippen molar-refractivity contribution in [2.45, 2.75) is 32.6 Å². The molecule has 0 aliphatic carbocycles. The van der Waals surface area contributed by atoms with Gasteiger partial charge in [-0.05, 0) is 38.8 Å². The monoisotopic (exact) mass is 324 g/mol. The van der Waals surface area contributed by atoms with Crippen molar-refractivity contribution >= 4 is 11.6 Å². The van der Waals surface area contributed by atoms with E-state index < -0.39 is 0 Å². The minimum absolute atomic E-state index is 0.0000534. The first-order valence-electron chi connectivity index (χ1n) is 8.24. The number of nitrogens with zero attached hydrogens (tertiary/aromatic N) is 5. The molecule has 1 saturated heterocycles. The second kappa shape index (κ2) is 5.74. The van der Waals surface area contributed by atoms with Crippen LogP contribution in [0, 0.1) is 13.8 Å². The van der Waals surface area contributed by atoms with Crippen molar-refractivity contribution < 1.29 is 4.79 Å². The summed E-state index contributed by atoms with van der Waals surface area (Å²) >= 11 is 0. The molecule has 0 bridgehead atoms. The van der Waals surface area contributed by atoms with E-state index in [0.717, 1.165) is 36.5 Å². The summed E-state index contributed by atoms with van der Waals surface area (Å²) in [4.78, 5) is 19.3. The third kappa shape index (κ3) is 2.55. The van der Waals surface area contributed by atoms with Crippen LogP contribution in [-0.2, 0) is 0 Å². The Hall–Kier alpha value is -2.70. The second-order valence-corrected chi connectivity index (χ2v) is 6.46. The van der Waals surface area contributed by atoms with Crippen LogP contribution in [-0.4, -0.2) is 48.7 Å². The molecule has 1 atom stereocenters. The lowest BCUT2D eigenvalue weighted by Gasteiger charge is -2.31. The number of amides is 1. The number of H-pyrrole nitrogens is 1. The van der Waals surface area contributed by atoms with Crippen LogP contribution in [0.5, 0.6) is 0 Å². The first-order chi connectivity index (χ1) is 11.6. The summed E-state index contributed by atoms with van der Waals surface area (Å²) in [5.74, 6) is 0.282. The van der Waals surface area contributed by atoms with E-state index in [0.29, 0.717) is 17.8 Å². The van der Waals surface area contributed by atoms with Gasteiger partial charge in [-0.2, -0.15) is 10.2 Å². The van der Waals surface area contributed by atoms with Gasteiger partial charge in [0.25, 0.3) is 5.91 Å². The molecule has 0 saturated carbocycles. The summed E-state index contributed by atoms with van der Waals surface area (Å²) in [6.45, 7) is 5.36. The van der Waals surface area contributed by atoms with E-state index in [1.807, 2.05) is 31.0 Å². The quantitative estimate of drug-likeness (QED) is 0.783. The maximum absolute atomic E-state index is 13.0. The zero-order valence-electron chi connectivity index (χ0n) is 13.9. The van der Waals surface area contributed by atoms with Crippen LogP contribution < -0.4 is 0 Å². The van der Waals surface area contributed by atoms with Crippen LogP contribution in [0.15, 0.2) is 24.5 Å². The van der Waals surface area contributed by atoms with E-state index in [-0.39, 0.29) is 11.8 Å². The van der Waals surface area contributed by atoms with E-state index in [2.05, 4.69) is 26.3 Å². The Morgan fingerprint density at radius 1 is 1.38 bits per heavy atom. The molecular formula is C17H20N6O. The van der Waals surface area contributed by atoms with Gasteiger partial charge in [0, 0.05) is 36.6 Å². The SMILES string of the molecule is Cc1ccn2ncc(C(=O)N3CCC[C@H](c4cc(C)[nH]n4)C3)c2n1. The molecule has 7 nitrogen and oxygen atoms in total. The predicted molar refractivity (Wildman–Crippen MR) is 88.9 cm³/mol. The van der Waals surface area contributed by atoms with Gasteiger partial charge in [-0.3, -0.25) is 9.89 Å². The summed E-state index contributed by atoms with van der Waals surface area (Å²) < 4.78 is 1.65. The van der Waals surface area contributed by atoms with Gasteiger partial charge in [0.1, 0.15) is 5.56 Å². The maximum Gasteiger partial charge on any atom is 0.259 e. The Bertz CT molecular complexity index is 896. The third-order valence-corrected chi connectivity index (χ3v) is 4.59. The number of fused-ring (bicyclic) bond motifs is 1. The standard InChI is InChI=1S/C17H20N6O/c1-11-5-7-23-16(19-11)14(9-18-23)17(24)22-6-3-4-13(10-22)15-8-12(2)20-21-15/h5,7-9,13H,3-4,6,10H2,1-2H3,(H,20,21)/t13-/m0/s1. The highest BCUT2D eigenvalue weighted by atomic mass is 16.2. The van der Waals surface area contributed by atoms with Crippen molar-refractivity contribution in [2.75, 3.05) is 13.1 Å². The molecular weight excluding hydrogens is 304 g/mol. The Balaban J connectivity index is 1.60. The Morgan fingerprint density at radius 3 is 3.04 bits per heavy atom. The number of rotatable bonds is 2. The zero-order valence-corrected chi connectivity index (χ0v) is 13.9. The van der Waals surface area contributed by atoms with Gasteiger partial charge in [0.15, 0.2) is 5.65 Å². The molecule has 0 spiro atoms. The molecule has 1 aliphatic rings. The maximum atomic E-state index is 13.0. The average Bonchev–Trinajstić information content (AvgIpc) is 3.20. The third-order valence-electron chi connectivity index (χ3n) is 4.59. The number of aromatic nitrogens is 5. The van der Waals surface area contributed by atoms with Crippen LogP contribution in [0.1, 0.15) is 46.2 Å². The highest BCUT2D eigenvalue weighted by molar-refractivity contribution is 5.99. The number of nitrogens with one attached hydrogen (secondary N) is 1. The Kier molecular flexibility index (Phi) is 3.55. The fourth-order valence-electron chi connectivity index (χ4n) is 3.33. The molecule has 124 valence electrons. The van der Waals surface area contributed by atoms with Crippen molar-refractivity contribution in [1.29, 1.82) is 0 Å². The van der Waals surface area contributed by atoms with Crippen LogP contribution >= 0.6 is 0 Å². The number of likely N-dealkylation sites (tertiary alicyclic amines) is 1. The molecule has 7 heteroatoms. The van der Waals surface area contributed by atoms with E-state index in [1.165, 1.54) is 0 Å². The van der Waals surface area contributed by atoms with Gasteiger partial charge in [-0.1, -0.05) is 0 Å². The van der Waals surface area contributed by atoms with E-state index in [1.54, 1.807) is 10.7 Å². The number of piperidine rings is 1. The molecule has 3 aromatic rings. The van der Waals surface area contributed by atoms with Crippen molar-refractivity contribution in [3.63, 3.8) is 0 Å². The molecule has 0 aromatic carbocycles. The molecule has 4 heterocycles. The number of carbonyl (C=O) groups excluding carboxylic acids is 1. The molecule has 1 amide bonds. The predicted octanol–water partition coefficient (Wildman–Crippen LogP) is 2.09. The number of aryl methyl sites for hydroxylation is 2. The number of aromatic amines is 1. The lowest BCUT2D eigenvalue weighted by atomic mass is 9.94. The highest BCUT2D eigenvalue weighted by Crippen LogP contribution is 2.27. The topological polar surface area (TPSA) is 79.2 Å². The molecule has 24 heavy (non-hydrogen) atoms. The van der Waals surface area contributed by atoms with E-state index in [4.69, 9.17) is 0 Å². The van der Waals surface area contributed by atoms with Gasteiger partial charge in [0.2, 0.25) is 0 Å². The molecule has 1 aliphatic heterocycles. The minimum Gasteiger partial charge on any atom is -0.338 e. The molecule has 1 fully saturated rings. The van der Waals surface area contributed by atoms with Gasteiger partial charge < -0.3 is 4.90 Å². The Morgan fingerprint density at radius 2 is 2.25 bits per heavy atom. The molecule has 4 rings (SSSR count). The molecule has 0 radical (unpaired) electrons. The van der Waals surface area contributed by atoms with Crippen molar-refractivity contribution in [2.24, 2.45) is 0 Å². The smallest absolute Gasteiger partial charge is 0.259 e. The van der Waals surface area contributed by atoms with Gasteiger partial charge in [-0.15, -0.1) is 0 Å². The Labute approximate surface area is 139 Å². The van der Waals surface area contributed by atoms with Crippen LogP contribution in [0.25, 0.3) is 5.65 Å². The summed E-state index contributed by atoms with van der Waals surface area (Å²) in [6, 6.07) is 3.95. The van der Waals surface area contributed by atoms with Crippen molar-refractivity contribution in [1.82, 2.24) is 29.7 Å². The lowest BCUT2D eigenvalue weighted by molar-refractivity contribution is 0.0707. The fourth-order valence-corrected chi connectivity index (χ4v) is 3.33. The van der Waals surface area contributed by atoms with Crippen molar-refractivity contribution in [3.05, 3.63) is 47.2 Å². The fraction of sp³-hybridized carbons (Fsp3) is 0.412. The summed E-state index contributed by atoms with van der Waals surface area (Å²) in [6.07, 6.45) is 5.49. The van der Waals surface area contributed by atoms with Crippen molar-refractivity contribution in [3.8, 4) is 0 Å². The number of hydrogen-bond donors (Lipinski definition) is 1. The van der Waals surface area contributed by atoms with E-state index >= 15 is 0 Å². The minimum atomic E-state index is 0.0000534. The average molecular weight is 324 g/mol. The molecule has 1 N–H and O–H groups in total. The lowest BCUT2D eigenvalue weighted by Crippen LogP contribution is -2.39. The van der Waals surface area contributed by atoms with Gasteiger partial charge in [-0.25, -0.2) is 9.50 Å². The second-order valence-electron chi connectivity index (χ2n) is 6.46. The normalized spacial score (nSPS) is 18.2. The zero-order chi connectivity index (χ0) is 16.7. The summed E-state index contributed by atoms with van der Waals surface area (Å²) in [7, 11) is 0. The summed E-state index contributed by atoms with van der Waals surface area (Å²) in [5, 5.41) is 11.6.